The maximum Gasteiger partial charge on any atom is 0.469 e. The molecule has 2 rings (SSSR count). The molecular weight excluding hydrogens is 212 g/mol. The summed E-state index contributed by atoms with van der Waals surface area (Å²) in [6, 6.07) is 0. The largest absolute Gasteiger partial charge is 0.469 e. The minimum Gasteiger partial charge on any atom is -0.390 e. The van der Waals surface area contributed by atoms with Crippen molar-refractivity contribution in [2.75, 3.05) is 0 Å². The molecule has 0 saturated carbocycles. The highest BCUT2D eigenvalue weighted by atomic mass is 35.5. The summed E-state index contributed by atoms with van der Waals surface area (Å²) in [7, 11) is 0. The molecule has 2 aliphatic rings. The zero-order chi connectivity index (χ0) is 10.3. The highest BCUT2D eigenvalue weighted by Crippen LogP contribution is 2.20. The van der Waals surface area contributed by atoms with E-state index in [2.05, 4.69) is 20.0 Å². The second kappa shape index (κ2) is 2.66. The van der Waals surface area contributed by atoms with Crippen LogP contribution in [0.1, 0.15) is 0 Å². The van der Waals surface area contributed by atoms with Crippen LogP contribution in [0.5, 0.6) is 0 Å². The average molecular weight is 215 g/mol. The van der Waals surface area contributed by atoms with Crippen molar-refractivity contribution in [3.05, 3.63) is 10.1 Å². The van der Waals surface area contributed by atoms with Crippen molar-refractivity contribution < 1.29 is 4.92 Å². The Bertz CT molecular complexity index is 434. The number of aliphatic imine (C=N–C) groups is 4. The van der Waals surface area contributed by atoms with Crippen molar-refractivity contribution in [2.24, 2.45) is 25.7 Å². The maximum absolute atomic E-state index is 10.4. The SMILES string of the molecule is NC1(Cl)N=C([N+](=O)[O-])N=C2N=CN=C21. The third-order valence-electron chi connectivity index (χ3n) is 1.54. The number of hydrogen-bond donors (Lipinski definition) is 1. The van der Waals surface area contributed by atoms with Crippen molar-refractivity contribution in [3.8, 4) is 0 Å². The first kappa shape index (κ1) is 8.91. The van der Waals surface area contributed by atoms with Crippen LogP contribution in [0.25, 0.3) is 0 Å². The van der Waals surface area contributed by atoms with Crippen LogP contribution in [0.2, 0.25) is 0 Å². The van der Waals surface area contributed by atoms with E-state index in [1.807, 2.05) is 0 Å². The normalized spacial score (nSPS) is 29.1. The van der Waals surface area contributed by atoms with E-state index in [9.17, 15) is 10.1 Å². The molecule has 0 aliphatic carbocycles. The highest BCUT2D eigenvalue weighted by Gasteiger charge is 2.45. The molecule has 72 valence electrons. The Hall–Kier alpha value is -1.67. The minimum atomic E-state index is -1.75. The molecule has 1 unspecified atom stereocenters. The molecule has 0 amide bonds. The van der Waals surface area contributed by atoms with E-state index in [0.717, 1.165) is 6.34 Å². The number of rotatable bonds is 0. The Labute approximate surface area is 82.1 Å². The van der Waals surface area contributed by atoms with Crippen LogP contribution in [0, 0.1) is 10.1 Å². The number of guanidine groups is 1. The fourth-order valence-corrected chi connectivity index (χ4v) is 1.20. The summed E-state index contributed by atoms with van der Waals surface area (Å²) in [4.78, 5) is 23.9. The van der Waals surface area contributed by atoms with Gasteiger partial charge >= 0.3 is 5.96 Å². The molecule has 0 aromatic heterocycles. The molecule has 9 heteroatoms. The fourth-order valence-electron chi connectivity index (χ4n) is 0.989. The number of hydrogen-bond acceptors (Lipinski definition) is 7. The molecule has 0 fully saturated rings. The van der Waals surface area contributed by atoms with Crippen LogP contribution in [-0.4, -0.2) is 33.9 Å². The summed E-state index contributed by atoms with van der Waals surface area (Å²) in [5.74, 6) is -0.639. The molecule has 2 aliphatic heterocycles. The number of nitro groups is 1. The van der Waals surface area contributed by atoms with Gasteiger partial charge in [0.15, 0.2) is 5.71 Å². The first-order chi connectivity index (χ1) is 6.50. The van der Waals surface area contributed by atoms with Crippen LogP contribution in [0.4, 0.5) is 0 Å². The van der Waals surface area contributed by atoms with Gasteiger partial charge < -0.3 is 10.1 Å². The molecule has 0 spiro atoms. The summed E-state index contributed by atoms with van der Waals surface area (Å²) < 4.78 is 0. The Morgan fingerprint density at radius 2 is 2.36 bits per heavy atom. The predicted octanol–water partition coefficient (Wildman–Crippen LogP) is -0.635. The van der Waals surface area contributed by atoms with Gasteiger partial charge in [0.25, 0.3) is 11.0 Å². The second-order valence-electron chi connectivity index (χ2n) is 2.50. The van der Waals surface area contributed by atoms with Crippen LogP contribution in [0.15, 0.2) is 20.0 Å². The molecular formula is C5H3ClN6O2. The van der Waals surface area contributed by atoms with Crippen LogP contribution in [0.3, 0.4) is 0 Å². The van der Waals surface area contributed by atoms with E-state index in [-0.39, 0.29) is 11.5 Å². The smallest absolute Gasteiger partial charge is 0.390 e. The van der Waals surface area contributed by atoms with Gasteiger partial charge in [0, 0.05) is 0 Å². The lowest BCUT2D eigenvalue weighted by molar-refractivity contribution is -0.352. The summed E-state index contributed by atoms with van der Waals surface area (Å²) in [5, 5.41) is 8.64. The van der Waals surface area contributed by atoms with E-state index in [1.165, 1.54) is 0 Å². The van der Waals surface area contributed by atoms with Gasteiger partial charge in [0.05, 0.1) is 0 Å². The molecule has 0 radical (unpaired) electrons. The van der Waals surface area contributed by atoms with Crippen LogP contribution in [-0.2, 0) is 0 Å². The molecule has 0 aromatic carbocycles. The predicted molar refractivity (Wildman–Crippen MR) is 50.6 cm³/mol. The monoisotopic (exact) mass is 214 g/mol. The van der Waals surface area contributed by atoms with Crippen molar-refractivity contribution in [2.45, 2.75) is 5.12 Å². The van der Waals surface area contributed by atoms with Crippen LogP contribution < -0.4 is 5.73 Å². The van der Waals surface area contributed by atoms with Gasteiger partial charge in [0.1, 0.15) is 6.34 Å². The Morgan fingerprint density at radius 3 is 3.00 bits per heavy atom. The summed E-state index contributed by atoms with van der Waals surface area (Å²) in [5.41, 5.74) is 5.59. The molecule has 2 N–H and O–H groups in total. The minimum absolute atomic E-state index is 0.0317. The van der Waals surface area contributed by atoms with Crippen LogP contribution >= 0.6 is 11.6 Å². The number of fused-ring (bicyclic) bond motifs is 1. The van der Waals surface area contributed by atoms with Gasteiger partial charge in [-0.05, 0) is 9.92 Å². The Morgan fingerprint density at radius 1 is 1.64 bits per heavy atom. The molecule has 2 heterocycles. The summed E-state index contributed by atoms with van der Waals surface area (Å²) in [6.07, 6.45) is 1.16. The Kier molecular flexibility index (Phi) is 1.69. The summed E-state index contributed by atoms with van der Waals surface area (Å²) >= 11 is 5.71. The molecule has 0 bridgehead atoms. The maximum atomic E-state index is 10.4. The quantitative estimate of drug-likeness (QED) is 0.250. The van der Waals surface area contributed by atoms with E-state index in [1.54, 1.807) is 0 Å². The van der Waals surface area contributed by atoms with Gasteiger partial charge in [-0.2, -0.15) is 4.99 Å². The van der Waals surface area contributed by atoms with Crippen molar-refractivity contribution in [1.82, 2.24) is 0 Å². The van der Waals surface area contributed by atoms with Crippen molar-refractivity contribution >= 4 is 35.4 Å². The topological polar surface area (TPSA) is 119 Å². The standard InChI is InChI=1S/C5H3ClN6O2/c6-5(7)2-3(9-1-8-2)10-4(11-5)12(13)14/h1H,7H2. The van der Waals surface area contributed by atoms with E-state index < -0.39 is 16.0 Å². The first-order valence-corrected chi connectivity index (χ1v) is 3.80. The zero-order valence-corrected chi connectivity index (χ0v) is 7.34. The number of alkyl halides is 1. The average Bonchev–Trinajstić information content (AvgIpc) is 2.51. The molecule has 14 heavy (non-hydrogen) atoms. The lowest BCUT2D eigenvalue weighted by atomic mass is 10.2. The van der Waals surface area contributed by atoms with Gasteiger partial charge in [0.2, 0.25) is 0 Å². The zero-order valence-electron chi connectivity index (χ0n) is 6.59. The third-order valence-corrected chi connectivity index (χ3v) is 1.81. The lowest BCUT2D eigenvalue weighted by Crippen LogP contribution is -2.47. The van der Waals surface area contributed by atoms with Gasteiger partial charge in [-0.1, -0.05) is 16.6 Å². The third kappa shape index (κ3) is 1.20. The fraction of sp³-hybridized carbons (Fsp3) is 0.200. The lowest BCUT2D eigenvalue weighted by Gasteiger charge is -2.13. The summed E-state index contributed by atoms with van der Waals surface area (Å²) in [6.45, 7) is 0. The molecule has 8 nitrogen and oxygen atoms in total. The van der Waals surface area contributed by atoms with Gasteiger partial charge in [-0.25, -0.2) is 4.99 Å². The first-order valence-electron chi connectivity index (χ1n) is 3.42. The number of nitrogens with zero attached hydrogens (tertiary/aromatic N) is 5. The van der Waals surface area contributed by atoms with E-state index in [4.69, 9.17) is 17.3 Å². The van der Waals surface area contributed by atoms with E-state index >= 15 is 0 Å². The molecule has 0 saturated heterocycles. The number of nitrogens with two attached hydrogens (primary N) is 1. The Balaban J connectivity index is 2.52. The van der Waals surface area contributed by atoms with Gasteiger partial charge in [-0.3, -0.25) is 5.73 Å². The highest BCUT2D eigenvalue weighted by molar-refractivity contribution is 6.59. The second-order valence-corrected chi connectivity index (χ2v) is 3.08. The molecule has 1 atom stereocenters. The molecule has 0 aromatic rings. The van der Waals surface area contributed by atoms with E-state index in [0.29, 0.717) is 0 Å². The number of halogens is 1. The van der Waals surface area contributed by atoms with Crippen molar-refractivity contribution in [3.63, 3.8) is 0 Å². The van der Waals surface area contributed by atoms with Gasteiger partial charge in [-0.15, -0.1) is 0 Å². The van der Waals surface area contributed by atoms with Crippen molar-refractivity contribution in [1.29, 1.82) is 0 Å². The number of amidine groups is 1.